The van der Waals surface area contributed by atoms with Gasteiger partial charge in [0, 0.05) is 12.0 Å². The third-order valence-electron chi connectivity index (χ3n) is 4.06. The van der Waals surface area contributed by atoms with Gasteiger partial charge in [0.15, 0.2) is 11.4 Å². The maximum Gasteiger partial charge on any atom is 0.331 e. The highest BCUT2D eigenvalue weighted by Crippen LogP contribution is 2.39. The van der Waals surface area contributed by atoms with Crippen LogP contribution >= 0.6 is 0 Å². The number of benzene rings is 1. The van der Waals surface area contributed by atoms with Gasteiger partial charge in [-0.3, -0.25) is 0 Å². The molecule has 1 saturated carbocycles. The van der Waals surface area contributed by atoms with Gasteiger partial charge in [0.2, 0.25) is 0 Å². The van der Waals surface area contributed by atoms with Crippen molar-refractivity contribution in [2.75, 3.05) is 7.11 Å². The van der Waals surface area contributed by atoms with Crippen LogP contribution in [-0.2, 0) is 16.8 Å². The number of aromatic nitrogens is 4. The van der Waals surface area contributed by atoms with Gasteiger partial charge in [-0.05, 0) is 35.8 Å². The van der Waals surface area contributed by atoms with Crippen molar-refractivity contribution in [3.05, 3.63) is 35.7 Å². The Balaban J connectivity index is 1.95. The van der Waals surface area contributed by atoms with Crippen LogP contribution in [0.15, 0.2) is 24.3 Å². The van der Waals surface area contributed by atoms with Gasteiger partial charge in [-0.1, -0.05) is 18.2 Å². The number of aliphatic carboxylic acids is 1. The van der Waals surface area contributed by atoms with Gasteiger partial charge in [-0.15, -0.1) is 5.10 Å². The molecule has 1 fully saturated rings. The number of nitrogens with zero attached hydrogens (tertiary/aromatic N) is 4. The molecule has 110 valence electrons. The molecule has 0 unspecified atom stereocenters. The first kappa shape index (κ1) is 13.5. The smallest absolute Gasteiger partial charge is 0.331 e. The number of methoxy groups -OCH3 is 1. The lowest BCUT2D eigenvalue weighted by atomic mass is 9.76. The molecule has 0 spiro atoms. The number of para-hydroxylation sites is 1. The highest BCUT2D eigenvalue weighted by Gasteiger charge is 2.48. The Morgan fingerprint density at radius 3 is 2.81 bits per heavy atom. The van der Waals surface area contributed by atoms with E-state index in [1.807, 2.05) is 24.3 Å². The molecule has 1 aromatic carbocycles. The Morgan fingerprint density at radius 1 is 1.43 bits per heavy atom. The molecule has 3 rings (SSSR count). The molecule has 7 nitrogen and oxygen atoms in total. The van der Waals surface area contributed by atoms with E-state index < -0.39 is 11.5 Å². The maximum absolute atomic E-state index is 11.6. The van der Waals surface area contributed by atoms with Crippen molar-refractivity contribution in [1.29, 1.82) is 0 Å². The van der Waals surface area contributed by atoms with Crippen LogP contribution in [0.1, 0.15) is 30.7 Å². The first-order valence-corrected chi connectivity index (χ1v) is 6.80. The van der Waals surface area contributed by atoms with E-state index in [0.29, 0.717) is 25.1 Å². The van der Waals surface area contributed by atoms with Crippen LogP contribution in [0.2, 0.25) is 0 Å². The van der Waals surface area contributed by atoms with Gasteiger partial charge < -0.3 is 9.84 Å². The number of carboxylic acids is 1. The number of hydrogen-bond donors (Lipinski definition) is 1. The standard InChI is InChI=1S/C14H16N4O3/c1-21-11-6-3-2-5-10(11)9-12-15-16-17-18(12)14(13(19)20)7-4-8-14/h2-3,5-6H,4,7-9H2,1H3,(H,19,20). The fourth-order valence-corrected chi connectivity index (χ4v) is 2.70. The molecule has 0 radical (unpaired) electrons. The quantitative estimate of drug-likeness (QED) is 0.890. The van der Waals surface area contributed by atoms with Gasteiger partial charge >= 0.3 is 5.97 Å². The summed E-state index contributed by atoms with van der Waals surface area (Å²) in [5, 5.41) is 21.1. The summed E-state index contributed by atoms with van der Waals surface area (Å²) in [6.45, 7) is 0. The van der Waals surface area contributed by atoms with Crippen LogP contribution in [0.4, 0.5) is 0 Å². The molecule has 1 aliphatic carbocycles. The topological polar surface area (TPSA) is 90.1 Å². The fourth-order valence-electron chi connectivity index (χ4n) is 2.70. The molecular formula is C14H16N4O3. The SMILES string of the molecule is COc1ccccc1Cc1nnnn1C1(C(=O)O)CCC1. The maximum atomic E-state index is 11.6. The van der Waals surface area contributed by atoms with E-state index in [1.54, 1.807) is 7.11 Å². The zero-order chi connectivity index (χ0) is 14.9. The molecule has 1 N–H and O–H groups in total. The predicted octanol–water partition coefficient (Wildman–Crippen LogP) is 1.24. The third-order valence-corrected chi connectivity index (χ3v) is 4.06. The van der Waals surface area contributed by atoms with Gasteiger partial charge in [0.25, 0.3) is 0 Å². The normalized spacial score (nSPS) is 16.2. The second-order valence-corrected chi connectivity index (χ2v) is 5.19. The van der Waals surface area contributed by atoms with Gasteiger partial charge in [-0.2, -0.15) is 0 Å². The summed E-state index contributed by atoms with van der Waals surface area (Å²) < 4.78 is 6.78. The number of tetrazole rings is 1. The van der Waals surface area contributed by atoms with Crippen LogP contribution < -0.4 is 4.74 Å². The molecular weight excluding hydrogens is 272 g/mol. The van der Waals surface area contributed by atoms with E-state index in [0.717, 1.165) is 17.7 Å². The summed E-state index contributed by atoms with van der Waals surface area (Å²) in [4.78, 5) is 11.6. The van der Waals surface area contributed by atoms with E-state index >= 15 is 0 Å². The molecule has 1 aromatic heterocycles. The number of carbonyl (C=O) groups is 1. The molecule has 2 aromatic rings. The lowest BCUT2D eigenvalue weighted by Gasteiger charge is -2.37. The lowest BCUT2D eigenvalue weighted by Crippen LogP contribution is -2.49. The molecule has 1 aliphatic rings. The van der Waals surface area contributed by atoms with Crippen molar-refractivity contribution < 1.29 is 14.6 Å². The molecule has 0 amide bonds. The van der Waals surface area contributed by atoms with Crippen molar-refractivity contribution in [1.82, 2.24) is 20.2 Å². The highest BCUT2D eigenvalue weighted by atomic mass is 16.5. The summed E-state index contributed by atoms with van der Waals surface area (Å²) >= 11 is 0. The van der Waals surface area contributed by atoms with Crippen LogP contribution in [0.25, 0.3) is 0 Å². The second kappa shape index (κ2) is 5.16. The minimum atomic E-state index is -0.985. The van der Waals surface area contributed by atoms with Crippen molar-refractivity contribution in [2.24, 2.45) is 0 Å². The predicted molar refractivity (Wildman–Crippen MR) is 73.1 cm³/mol. The molecule has 21 heavy (non-hydrogen) atoms. The molecule has 0 bridgehead atoms. The Hall–Kier alpha value is -2.44. The molecule has 1 heterocycles. The fraction of sp³-hybridized carbons (Fsp3) is 0.429. The Kier molecular flexibility index (Phi) is 3.32. The molecule has 0 saturated heterocycles. The molecule has 7 heteroatoms. The number of carboxylic acid groups (broad SMARTS) is 1. The third kappa shape index (κ3) is 2.14. The number of ether oxygens (including phenoxy) is 1. The highest BCUT2D eigenvalue weighted by molar-refractivity contribution is 5.77. The van der Waals surface area contributed by atoms with E-state index in [9.17, 15) is 9.90 Å². The van der Waals surface area contributed by atoms with Gasteiger partial charge in [0.1, 0.15) is 5.75 Å². The van der Waals surface area contributed by atoms with E-state index in [2.05, 4.69) is 15.5 Å². The van der Waals surface area contributed by atoms with Crippen LogP contribution in [0.5, 0.6) is 5.75 Å². The second-order valence-electron chi connectivity index (χ2n) is 5.19. The average molecular weight is 288 g/mol. The van der Waals surface area contributed by atoms with Gasteiger partial charge in [-0.25, -0.2) is 9.48 Å². The van der Waals surface area contributed by atoms with Crippen molar-refractivity contribution in [3.8, 4) is 5.75 Å². The Bertz CT molecular complexity index is 664. The summed E-state index contributed by atoms with van der Waals surface area (Å²) in [6, 6.07) is 7.57. The largest absolute Gasteiger partial charge is 0.496 e. The number of rotatable bonds is 5. The number of hydrogen-bond acceptors (Lipinski definition) is 5. The Labute approximate surface area is 121 Å². The summed E-state index contributed by atoms with van der Waals surface area (Å²) in [5.41, 5.74) is -0.0585. The average Bonchev–Trinajstić information content (AvgIpc) is 2.86. The minimum absolute atomic E-state index is 0.437. The molecule has 0 aliphatic heterocycles. The lowest BCUT2D eigenvalue weighted by molar-refractivity contribution is -0.153. The monoisotopic (exact) mass is 288 g/mol. The summed E-state index contributed by atoms with van der Waals surface area (Å²) in [7, 11) is 1.60. The van der Waals surface area contributed by atoms with Crippen molar-refractivity contribution in [3.63, 3.8) is 0 Å². The minimum Gasteiger partial charge on any atom is -0.496 e. The summed E-state index contributed by atoms with van der Waals surface area (Å²) in [5.74, 6) is 0.411. The van der Waals surface area contributed by atoms with Crippen LogP contribution in [0.3, 0.4) is 0 Å². The van der Waals surface area contributed by atoms with E-state index in [4.69, 9.17) is 4.74 Å². The van der Waals surface area contributed by atoms with E-state index in [1.165, 1.54) is 4.68 Å². The van der Waals surface area contributed by atoms with Gasteiger partial charge in [0.05, 0.1) is 7.11 Å². The van der Waals surface area contributed by atoms with Crippen molar-refractivity contribution >= 4 is 5.97 Å². The van der Waals surface area contributed by atoms with Crippen LogP contribution in [0, 0.1) is 0 Å². The van der Waals surface area contributed by atoms with E-state index in [-0.39, 0.29) is 0 Å². The Morgan fingerprint density at radius 2 is 2.19 bits per heavy atom. The zero-order valence-electron chi connectivity index (χ0n) is 11.7. The summed E-state index contributed by atoms with van der Waals surface area (Å²) in [6.07, 6.45) is 2.44. The van der Waals surface area contributed by atoms with Crippen molar-refractivity contribution in [2.45, 2.75) is 31.2 Å². The zero-order valence-corrected chi connectivity index (χ0v) is 11.7. The molecule has 0 atom stereocenters. The first-order valence-electron chi connectivity index (χ1n) is 6.80. The van der Waals surface area contributed by atoms with Crippen LogP contribution in [-0.4, -0.2) is 38.4 Å². The first-order chi connectivity index (χ1) is 10.2.